The van der Waals surface area contributed by atoms with Crippen LogP contribution in [-0.4, -0.2) is 10.4 Å². The Labute approximate surface area is 79.0 Å². The van der Waals surface area contributed by atoms with Crippen LogP contribution in [0.3, 0.4) is 0 Å². The van der Waals surface area contributed by atoms with E-state index in [1.54, 1.807) is 6.92 Å². The summed E-state index contributed by atoms with van der Waals surface area (Å²) in [5.41, 5.74) is 0.0854. The average Bonchev–Trinajstić information content (AvgIpc) is 2.32. The Morgan fingerprint density at radius 1 is 1.46 bits per heavy atom. The van der Waals surface area contributed by atoms with Crippen molar-refractivity contribution in [3.63, 3.8) is 0 Å². The van der Waals surface area contributed by atoms with E-state index in [1.165, 1.54) is 0 Å². The second-order valence-corrected chi connectivity index (χ2v) is 4.37. The SMILES string of the molecule is CC(=O)C[n+]1ccn(C(C)(C)C)c1. The summed E-state index contributed by atoms with van der Waals surface area (Å²) in [5, 5.41) is 0. The van der Waals surface area contributed by atoms with Crippen LogP contribution in [0, 0.1) is 0 Å². The van der Waals surface area contributed by atoms with Crippen LogP contribution in [0.25, 0.3) is 0 Å². The average molecular weight is 181 g/mol. The van der Waals surface area contributed by atoms with Crippen molar-refractivity contribution < 1.29 is 9.36 Å². The topological polar surface area (TPSA) is 25.9 Å². The summed E-state index contributed by atoms with van der Waals surface area (Å²) >= 11 is 0. The van der Waals surface area contributed by atoms with Crippen LogP contribution in [0.2, 0.25) is 0 Å². The molecule has 1 heterocycles. The molecule has 0 atom stereocenters. The number of carbonyl (C=O) groups is 1. The summed E-state index contributed by atoms with van der Waals surface area (Å²) in [4.78, 5) is 10.8. The summed E-state index contributed by atoms with van der Waals surface area (Å²) in [5.74, 6) is 0.177. The van der Waals surface area contributed by atoms with Gasteiger partial charge in [-0.1, -0.05) is 0 Å². The lowest BCUT2D eigenvalue weighted by Crippen LogP contribution is -2.35. The van der Waals surface area contributed by atoms with Crippen molar-refractivity contribution in [3.05, 3.63) is 18.7 Å². The van der Waals surface area contributed by atoms with Crippen LogP contribution in [0.1, 0.15) is 27.7 Å². The fraction of sp³-hybridized carbons (Fsp3) is 0.600. The van der Waals surface area contributed by atoms with Crippen molar-refractivity contribution in [2.24, 2.45) is 0 Å². The summed E-state index contributed by atoms with van der Waals surface area (Å²) in [7, 11) is 0. The van der Waals surface area contributed by atoms with Crippen LogP contribution >= 0.6 is 0 Å². The Morgan fingerprint density at radius 3 is 2.46 bits per heavy atom. The predicted octanol–water partition coefficient (Wildman–Crippen LogP) is 1.12. The lowest BCUT2D eigenvalue weighted by atomic mass is 10.1. The van der Waals surface area contributed by atoms with E-state index in [-0.39, 0.29) is 11.3 Å². The van der Waals surface area contributed by atoms with Gasteiger partial charge in [-0.15, -0.1) is 0 Å². The summed E-state index contributed by atoms with van der Waals surface area (Å²) in [6.07, 6.45) is 5.87. The quantitative estimate of drug-likeness (QED) is 0.628. The fourth-order valence-corrected chi connectivity index (χ4v) is 1.14. The molecule has 1 aromatic heterocycles. The van der Waals surface area contributed by atoms with E-state index < -0.39 is 0 Å². The molecule has 0 aromatic carbocycles. The molecule has 0 aliphatic rings. The molecule has 13 heavy (non-hydrogen) atoms. The standard InChI is InChI=1S/C10H17N2O/c1-9(13)7-11-5-6-12(8-11)10(2,3)4/h5-6,8H,7H2,1-4H3/q+1. The van der Waals surface area contributed by atoms with Crippen molar-refractivity contribution >= 4 is 5.78 Å². The second-order valence-electron chi connectivity index (χ2n) is 4.37. The highest BCUT2D eigenvalue weighted by Gasteiger charge is 2.19. The maximum Gasteiger partial charge on any atom is 0.244 e. The van der Waals surface area contributed by atoms with E-state index in [0.717, 1.165) is 0 Å². The first-order valence-electron chi connectivity index (χ1n) is 4.46. The zero-order valence-electron chi connectivity index (χ0n) is 8.74. The normalized spacial score (nSPS) is 11.7. The molecule has 0 bridgehead atoms. The highest BCUT2D eigenvalue weighted by molar-refractivity contribution is 5.73. The maximum absolute atomic E-state index is 10.8. The van der Waals surface area contributed by atoms with Crippen LogP contribution in [-0.2, 0) is 16.9 Å². The summed E-state index contributed by atoms with van der Waals surface area (Å²) in [6, 6.07) is 0. The first kappa shape index (κ1) is 9.96. The Hall–Kier alpha value is -1.12. The Bertz CT molecular complexity index is 307. The third-order valence-corrected chi connectivity index (χ3v) is 1.87. The first-order valence-corrected chi connectivity index (χ1v) is 4.46. The molecular formula is C10H17N2O+. The van der Waals surface area contributed by atoms with Crippen LogP contribution in [0.15, 0.2) is 18.7 Å². The van der Waals surface area contributed by atoms with Gasteiger partial charge in [-0.2, -0.15) is 0 Å². The van der Waals surface area contributed by atoms with E-state index >= 15 is 0 Å². The van der Waals surface area contributed by atoms with Gasteiger partial charge >= 0.3 is 0 Å². The molecule has 0 spiro atoms. The number of imidazole rings is 1. The largest absolute Gasteiger partial charge is 0.296 e. The number of ketones is 1. The maximum atomic E-state index is 10.8. The van der Waals surface area contributed by atoms with E-state index in [1.807, 2.05) is 23.3 Å². The smallest absolute Gasteiger partial charge is 0.244 e. The first-order chi connectivity index (χ1) is 5.89. The zero-order chi connectivity index (χ0) is 10.1. The van der Waals surface area contributed by atoms with Crippen molar-refractivity contribution in [2.45, 2.75) is 39.8 Å². The third-order valence-electron chi connectivity index (χ3n) is 1.87. The van der Waals surface area contributed by atoms with Gasteiger partial charge in [-0.3, -0.25) is 4.79 Å². The van der Waals surface area contributed by atoms with Crippen molar-refractivity contribution in [2.75, 3.05) is 0 Å². The molecule has 0 N–H and O–H groups in total. The number of hydrogen-bond donors (Lipinski definition) is 0. The molecule has 3 heteroatoms. The molecule has 0 fully saturated rings. The van der Waals surface area contributed by atoms with Crippen molar-refractivity contribution in [1.82, 2.24) is 4.57 Å². The number of hydrogen-bond acceptors (Lipinski definition) is 1. The Balaban J connectivity index is 2.81. The summed E-state index contributed by atoms with van der Waals surface area (Å²) in [6.45, 7) is 8.45. The Morgan fingerprint density at radius 2 is 2.08 bits per heavy atom. The van der Waals surface area contributed by atoms with Crippen LogP contribution in [0.5, 0.6) is 0 Å². The van der Waals surface area contributed by atoms with Gasteiger partial charge in [0.25, 0.3) is 0 Å². The van der Waals surface area contributed by atoms with Gasteiger partial charge in [0.15, 0.2) is 5.78 Å². The van der Waals surface area contributed by atoms with Gasteiger partial charge in [0.05, 0.1) is 0 Å². The lowest BCUT2D eigenvalue weighted by molar-refractivity contribution is -0.683. The molecule has 0 aliphatic carbocycles. The number of nitrogens with zero attached hydrogens (tertiary/aromatic N) is 2. The van der Waals surface area contributed by atoms with Gasteiger partial charge in [-0.05, 0) is 27.7 Å². The molecule has 0 unspecified atom stereocenters. The van der Waals surface area contributed by atoms with Crippen LogP contribution in [0.4, 0.5) is 0 Å². The number of aromatic nitrogens is 2. The third kappa shape index (κ3) is 2.68. The van der Waals surface area contributed by atoms with Gasteiger partial charge in [0.1, 0.15) is 24.5 Å². The van der Waals surface area contributed by atoms with Crippen LogP contribution < -0.4 is 4.57 Å². The molecule has 1 aromatic rings. The monoisotopic (exact) mass is 181 g/mol. The summed E-state index contributed by atoms with van der Waals surface area (Å²) < 4.78 is 3.99. The zero-order valence-corrected chi connectivity index (χ0v) is 8.74. The van der Waals surface area contributed by atoms with Gasteiger partial charge < -0.3 is 0 Å². The number of rotatable bonds is 2. The molecule has 0 amide bonds. The second kappa shape index (κ2) is 3.32. The van der Waals surface area contributed by atoms with E-state index in [2.05, 4.69) is 25.3 Å². The highest BCUT2D eigenvalue weighted by atomic mass is 16.1. The molecule has 0 aliphatic heterocycles. The Kier molecular flexibility index (Phi) is 2.55. The minimum atomic E-state index is 0.0854. The lowest BCUT2D eigenvalue weighted by Gasteiger charge is -2.13. The number of carbonyl (C=O) groups excluding carboxylic acids is 1. The minimum Gasteiger partial charge on any atom is -0.296 e. The number of Topliss-reactive ketones (excluding diaryl/α,β-unsaturated/α-hetero) is 1. The van der Waals surface area contributed by atoms with E-state index in [9.17, 15) is 4.79 Å². The predicted molar refractivity (Wildman–Crippen MR) is 50.3 cm³/mol. The van der Waals surface area contributed by atoms with E-state index in [4.69, 9.17) is 0 Å². The molecule has 3 nitrogen and oxygen atoms in total. The van der Waals surface area contributed by atoms with Gasteiger partial charge in [0, 0.05) is 0 Å². The van der Waals surface area contributed by atoms with Crippen molar-refractivity contribution in [3.8, 4) is 0 Å². The molecule has 0 radical (unpaired) electrons. The fourth-order valence-electron chi connectivity index (χ4n) is 1.14. The molecular weight excluding hydrogens is 164 g/mol. The molecule has 1 rings (SSSR count). The molecule has 0 saturated carbocycles. The van der Waals surface area contributed by atoms with Crippen molar-refractivity contribution in [1.29, 1.82) is 0 Å². The van der Waals surface area contributed by atoms with E-state index in [0.29, 0.717) is 6.54 Å². The molecule has 72 valence electrons. The molecule has 0 saturated heterocycles. The van der Waals surface area contributed by atoms with Gasteiger partial charge in [-0.25, -0.2) is 9.13 Å². The highest BCUT2D eigenvalue weighted by Crippen LogP contribution is 2.10. The van der Waals surface area contributed by atoms with Gasteiger partial charge in [0.2, 0.25) is 6.33 Å². The minimum absolute atomic E-state index is 0.0854.